The molecule has 0 bridgehead atoms. The van der Waals surface area contributed by atoms with Crippen LogP contribution in [-0.2, 0) is 16.2 Å². The zero-order valence-corrected chi connectivity index (χ0v) is 25.3. The molecule has 1 aromatic heterocycles. The maximum Gasteiger partial charge on any atom is 0.354 e. The van der Waals surface area contributed by atoms with Crippen LogP contribution < -0.4 is 0 Å². The molecule has 1 aliphatic rings. The van der Waals surface area contributed by atoms with Crippen molar-refractivity contribution in [1.29, 1.82) is 0 Å². The van der Waals surface area contributed by atoms with Crippen molar-refractivity contribution < 1.29 is 14.4 Å². The van der Waals surface area contributed by atoms with Crippen molar-refractivity contribution in [3.8, 4) is 0 Å². The van der Waals surface area contributed by atoms with Gasteiger partial charge >= 0.3 is 5.97 Å². The van der Waals surface area contributed by atoms with Crippen LogP contribution in [0.1, 0.15) is 79.9 Å². The number of fused-ring (bicyclic) bond motifs is 3. The van der Waals surface area contributed by atoms with Gasteiger partial charge in [0.1, 0.15) is 5.54 Å². The molecule has 42 heavy (non-hydrogen) atoms. The van der Waals surface area contributed by atoms with Crippen LogP contribution >= 0.6 is 0 Å². The predicted molar refractivity (Wildman–Crippen MR) is 171 cm³/mol. The summed E-state index contributed by atoms with van der Waals surface area (Å²) < 4.78 is 2.26. The summed E-state index contributed by atoms with van der Waals surface area (Å²) in [5.74, 6) is -0.330. The summed E-state index contributed by atoms with van der Waals surface area (Å²) in [6.45, 7) is 14.4. The first-order chi connectivity index (χ1) is 20.3. The summed E-state index contributed by atoms with van der Waals surface area (Å²) in [7, 11) is 0. The van der Waals surface area contributed by atoms with Gasteiger partial charge in [0, 0.05) is 45.0 Å². The van der Waals surface area contributed by atoms with Gasteiger partial charge in [0.2, 0.25) is 0 Å². The number of allylic oxidation sites excluding steroid dienone is 1. The monoisotopic (exact) mass is 563 g/mol. The van der Waals surface area contributed by atoms with Crippen molar-refractivity contribution in [2.24, 2.45) is 5.16 Å². The smallest absolute Gasteiger partial charge is 0.341 e. The number of rotatable bonds is 10. The Balaban J connectivity index is 1.53. The third kappa shape index (κ3) is 5.68. The van der Waals surface area contributed by atoms with Crippen LogP contribution in [0.25, 0.3) is 21.8 Å². The minimum Gasteiger partial charge on any atom is -0.341 e. The molecule has 1 saturated heterocycles. The average Bonchev–Trinajstić information content (AvgIpc) is 3.33. The summed E-state index contributed by atoms with van der Waals surface area (Å²) >= 11 is 0. The van der Waals surface area contributed by atoms with E-state index in [4.69, 9.17) is 4.84 Å². The van der Waals surface area contributed by atoms with E-state index in [-0.39, 0.29) is 11.8 Å². The summed E-state index contributed by atoms with van der Waals surface area (Å²) in [6, 6.07) is 19.9. The van der Waals surface area contributed by atoms with Crippen molar-refractivity contribution >= 4 is 39.3 Å². The fraction of sp³-hybridized carbons (Fsp3) is 0.361. The molecular weight excluding hydrogens is 522 g/mol. The van der Waals surface area contributed by atoms with Gasteiger partial charge in [-0.1, -0.05) is 48.0 Å². The largest absolute Gasteiger partial charge is 0.354 e. The van der Waals surface area contributed by atoms with Gasteiger partial charge in [0.25, 0.3) is 0 Å². The lowest BCUT2D eigenvalue weighted by atomic mass is 9.97. The number of carbonyl (C=O) groups is 2. The molecule has 0 radical (unpaired) electrons. The quantitative estimate of drug-likeness (QED) is 0.0648. The minimum absolute atomic E-state index is 0.0139. The SMILES string of the molecule is C=CCCC(=NOC(=O)C(C)(C)N1CCCCC1)c1ccc2c(c1)c1cc(C(=O)c3ccccc3C)ccc1n2CC. The molecule has 0 saturated carbocycles. The van der Waals surface area contributed by atoms with Crippen LogP contribution in [0, 0.1) is 6.92 Å². The third-order valence-corrected chi connectivity index (χ3v) is 8.64. The summed E-state index contributed by atoms with van der Waals surface area (Å²) in [5, 5.41) is 6.48. The maximum absolute atomic E-state index is 13.5. The van der Waals surface area contributed by atoms with Crippen LogP contribution in [0.2, 0.25) is 0 Å². The Morgan fingerprint density at radius 3 is 2.24 bits per heavy atom. The zero-order chi connectivity index (χ0) is 29.9. The van der Waals surface area contributed by atoms with Crippen molar-refractivity contribution in [3.05, 3.63) is 95.6 Å². The van der Waals surface area contributed by atoms with Gasteiger partial charge in [0.15, 0.2) is 5.78 Å². The molecule has 4 aromatic rings. The minimum atomic E-state index is -0.744. The molecule has 0 N–H and O–H groups in total. The Morgan fingerprint density at radius 1 is 0.952 bits per heavy atom. The standard InChI is InChI=1S/C36H41N3O3/c1-6-8-16-31(37-42-35(41)36(4,5)38-21-12-9-13-22-38)26-17-19-32-29(23-26)30-24-27(18-20-33(30)39(32)7-2)34(40)28-15-11-10-14-25(28)3/h6,10-11,14-15,17-20,23-24H,1,7-9,12-13,16,21-22H2,2-5H3. The fourth-order valence-electron chi connectivity index (χ4n) is 6.02. The van der Waals surface area contributed by atoms with Gasteiger partial charge in [-0.05, 0) is 102 Å². The number of hydrogen-bond acceptors (Lipinski definition) is 5. The highest BCUT2D eigenvalue weighted by Gasteiger charge is 2.37. The molecule has 0 spiro atoms. The van der Waals surface area contributed by atoms with E-state index in [9.17, 15) is 9.59 Å². The van der Waals surface area contributed by atoms with Crippen LogP contribution in [0.3, 0.4) is 0 Å². The number of aryl methyl sites for hydroxylation is 2. The molecule has 5 rings (SSSR count). The van der Waals surface area contributed by atoms with E-state index in [0.29, 0.717) is 29.7 Å². The lowest BCUT2D eigenvalue weighted by Gasteiger charge is -2.38. The number of aromatic nitrogens is 1. The van der Waals surface area contributed by atoms with Crippen LogP contribution in [0.4, 0.5) is 0 Å². The second-order valence-corrected chi connectivity index (χ2v) is 11.7. The number of carbonyl (C=O) groups excluding carboxylic acids is 2. The Bertz CT molecular complexity index is 1670. The third-order valence-electron chi connectivity index (χ3n) is 8.64. The van der Waals surface area contributed by atoms with Crippen LogP contribution in [0.5, 0.6) is 0 Å². The van der Waals surface area contributed by atoms with Crippen LogP contribution in [-0.4, -0.2) is 45.6 Å². The first-order valence-corrected chi connectivity index (χ1v) is 15.1. The maximum atomic E-state index is 13.5. The Kier molecular flexibility index (Phi) is 8.74. The molecule has 6 nitrogen and oxygen atoms in total. The average molecular weight is 564 g/mol. The molecule has 0 aliphatic carbocycles. The number of oxime groups is 1. The topological polar surface area (TPSA) is 63.9 Å². The van der Waals surface area contributed by atoms with E-state index in [1.165, 1.54) is 6.42 Å². The van der Waals surface area contributed by atoms with Crippen molar-refractivity contribution in [2.45, 2.75) is 71.9 Å². The highest BCUT2D eigenvalue weighted by Crippen LogP contribution is 2.32. The van der Waals surface area contributed by atoms with E-state index in [1.54, 1.807) is 0 Å². The van der Waals surface area contributed by atoms with E-state index >= 15 is 0 Å². The Labute approximate surface area is 248 Å². The second-order valence-electron chi connectivity index (χ2n) is 11.7. The summed E-state index contributed by atoms with van der Waals surface area (Å²) in [6.07, 6.45) is 6.53. The van der Waals surface area contributed by atoms with Crippen LogP contribution in [0.15, 0.2) is 78.5 Å². The molecule has 218 valence electrons. The number of nitrogens with zero attached hydrogens (tertiary/aromatic N) is 3. The summed E-state index contributed by atoms with van der Waals surface area (Å²) in [5.41, 5.74) is 5.33. The van der Waals surface area contributed by atoms with Crippen molar-refractivity contribution in [3.63, 3.8) is 0 Å². The Hall–Kier alpha value is -4.03. The molecule has 6 heteroatoms. The first-order valence-electron chi connectivity index (χ1n) is 15.1. The number of piperidine rings is 1. The van der Waals surface area contributed by atoms with Gasteiger partial charge < -0.3 is 9.40 Å². The van der Waals surface area contributed by atoms with Gasteiger partial charge in [-0.2, -0.15) is 0 Å². The molecule has 3 aromatic carbocycles. The fourth-order valence-corrected chi connectivity index (χ4v) is 6.02. The number of benzene rings is 3. The lowest BCUT2D eigenvalue weighted by molar-refractivity contribution is -0.157. The molecule has 2 heterocycles. The normalized spacial score (nSPS) is 14.8. The van der Waals surface area contributed by atoms with E-state index in [2.05, 4.69) is 40.3 Å². The first kappa shape index (κ1) is 29.5. The van der Waals surface area contributed by atoms with Crippen molar-refractivity contribution in [1.82, 2.24) is 9.47 Å². The molecule has 1 aliphatic heterocycles. The molecule has 0 atom stereocenters. The van der Waals surface area contributed by atoms with E-state index in [1.807, 2.05) is 75.4 Å². The number of likely N-dealkylation sites (tertiary alicyclic amines) is 1. The van der Waals surface area contributed by atoms with Gasteiger partial charge in [-0.15, -0.1) is 6.58 Å². The highest BCUT2D eigenvalue weighted by atomic mass is 16.7. The molecule has 0 unspecified atom stereocenters. The predicted octanol–water partition coefficient (Wildman–Crippen LogP) is 7.83. The zero-order valence-electron chi connectivity index (χ0n) is 25.3. The lowest BCUT2D eigenvalue weighted by Crippen LogP contribution is -2.52. The van der Waals surface area contributed by atoms with E-state index in [0.717, 1.165) is 65.4 Å². The summed E-state index contributed by atoms with van der Waals surface area (Å²) in [4.78, 5) is 34.5. The van der Waals surface area contributed by atoms with Gasteiger partial charge in [0.05, 0.1) is 5.71 Å². The van der Waals surface area contributed by atoms with Crippen molar-refractivity contribution in [2.75, 3.05) is 13.1 Å². The second kappa shape index (κ2) is 12.5. The number of hydrogen-bond donors (Lipinski definition) is 0. The molecule has 1 fully saturated rings. The van der Waals surface area contributed by atoms with Gasteiger partial charge in [-0.3, -0.25) is 9.69 Å². The Morgan fingerprint density at radius 2 is 1.60 bits per heavy atom. The molecule has 0 amide bonds. The highest BCUT2D eigenvalue weighted by molar-refractivity contribution is 6.16. The van der Waals surface area contributed by atoms with E-state index < -0.39 is 5.54 Å². The van der Waals surface area contributed by atoms with Gasteiger partial charge in [-0.25, -0.2) is 4.79 Å². The molecular formula is C36H41N3O3. The number of ketones is 1.